The third-order valence-corrected chi connectivity index (χ3v) is 7.59. The zero-order chi connectivity index (χ0) is 20.8. The van der Waals surface area contributed by atoms with Gasteiger partial charge in [-0.05, 0) is 53.9 Å². The van der Waals surface area contributed by atoms with Crippen LogP contribution in [0.3, 0.4) is 0 Å². The number of para-hydroxylation sites is 1. The molecule has 2 N–H and O–H groups in total. The van der Waals surface area contributed by atoms with Gasteiger partial charge in [-0.1, -0.05) is 30.3 Å². The van der Waals surface area contributed by atoms with Crippen LogP contribution in [0.4, 0.5) is 10.1 Å². The molecule has 1 aliphatic heterocycles. The monoisotopic (exact) mass is 432 g/mol. The molecule has 0 aromatic heterocycles. The standard InChI is InChI=1S/C20H17FN2O4S2/c21-16-6-4-14(5-7-16)19-3-1-2-15-12-13-23(20(15)19)29(26,27)18-10-8-17(9-11-18)28(22,24)25/h1-11H,12-13H2,(H2,22,24,25). The lowest BCUT2D eigenvalue weighted by Gasteiger charge is -2.22. The molecule has 1 heterocycles. The fraction of sp³-hybridized carbons (Fsp3) is 0.100. The van der Waals surface area contributed by atoms with Gasteiger partial charge in [0.05, 0.1) is 15.5 Å². The van der Waals surface area contributed by atoms with Crippen LogP contribution in [0.5, 0.6) is 0 Å². The highest BCUT2D eigenvalue weighted by molar-refractivity contribution is 7.93. The van der Waals surface area contributed by atoms with E-state index >= 15 is 0 Å². The van der Waals surface area contributed by atoms with Crippen molar-refractivity contribution in [3.63, 3.8) is 0 Å². The maximum atomic E-state index is 13.3. The van der Waals surface area contributed by atoms with E-state index in [-0.39, 0.29) is 22.2 Å². The van der Waals surface area contributed by atoms with Crippen LogP contribution in [0.1, 0.15) is 5.56 Å². The molecule has 0 spiro atoms. The third-order valence-electron chi connectivity index (χ3n) is 4.85. The van der Waals surface area contributed by atoms with Crippen LogP contribution in [0.15, 0.2) is 76.5 Å². The molecule has 29 heavy (non-hydrogen) atoms. The van der Waals surface area contributed by atoms with Crippen molar-refractivity contribution in [3.05, 3.63) is 78.1 Å². The summed E-state index contributed by atoms with van der Waals surface area (Å²) in [6.45, 7) is 0.257. The summed E-state index contributed by atoms with van der Waals surface area (Å²) in [5.74, 6) is -0.374. The molecule has 4 rings (SSSR count). The second kappa shape index (κ2) is 6.94. The predicted molar refractivity (Wildman–Crippen MR) is 108 cm³/mol. The molecule has 0 bridgehead atoms. The zero-order valence-corrected chi connectivity index (χ0v) is 16.8. The number of hydrogen-bond acceptors (Lipinski definition) is 4. The summed E-state index contributed by atoms with van der Waals surface area (Å²) in [5.41, 5.74) is 2.81. The predicted octanol–water partition coefficient (Wildman–Crippen LogP) is 2.89. The minimum atomic E-state index is -3.93. The topological polar surface area (TPSA) is 97.5 Å². The number of fused-ring (bicyclic) bond motifs is 1. The Morgan fingerprint density at radius 2 is 1.45 bits per heavy atom. The van der Waals surface area contributed by atoms with Crippen molar-refractivity contribution in [2.45, 2.75) is 16.2 Å². The summed E-state index contributed by atoms with van der Waals surface area (Å²) < 4.78 is 64.1. The summed E-state index contributed by atoms with van der Waals surface area (Å²) in [5, 5.41) is 5.08. The van der Waals surface area contributed by atoms with E-state index < -0.39 is 20.0 Å². The molecule has 0 aliphatic carbocycles. The number of rotatable bonds is 4. The fourth-order valence-electron chi connectivity index (χ4n) is 3.45. The van der Waals surface area contributed by atoms with Crippen molar-refractivity contribution in [3.8, 4) is 11.1 Å². The molecule has 0 amide bonds. The number of anilines is 1. The van der Waals surface area contributed by atoms with Gasteiger partial charge in [-0.25, -0.2) is 26.4 Å². The van der Waals surface area contributed by atoms with Gasteiger partial charge in [0.25, 0.3) is 10.0 Å². The van der Waals surface area contributed by atoms with E-state index in [9.17, 15) is 21.2 Å². The Bertz CT molecular complexity index is 1290. The van der Waals surface area contributed by atoms with Gasteiger partial charge in [-0.3, -0.25) is 4.31 Å². The molecule has 3 aromatic carbocycles. The molecule has 0 saturated heterocycles. The zero-order valence-electron chi connectivity index (χ0n) is 15.1. The highest BCUT2D eigenvalue weighted by Gasteiger charge is 2.33. The van der Waals surface area contributed by atoms with Crippen molar-refractivity contribution >= 4 is 25.7 Å². The normalized spacial score (nSPS) is 14.1. The number of nitrogens with two attached hydrogens (primary N) is 1. The molecular weight excluding hydrogens is 415 g/mol. The molecule has 6 nitrogen and oxygen atoms in total. The molecule has 9 heteroatoms. The summed E-state index contributed by atoms with van der Waals surface area (Å²) in [6.07, 6.45) is 0.541. The minimum absolute atomic E-state index is 0.0355. The van der Waals surface area contributed by atoms with E-state index in [4.69, 9.17) is 5.14 Å². The number of nitrogens with zero attached hydrogens (tertiary/aromatic N) is 1. The van der Waals surface area contributed by atoms with Crippen molar-refractivity contribution in [1.29, 1.82) is 0 Å². The lowest BCUT2D eigenvalue weighted by Crippen LogP contribution is -2.29. The Kier molecular flexibility index (Phi) is 4.68. The van der Waals surface area contributed by atoms with Gasteiger partial charge in [0.2, 0.25) is 10.0 Å². The Balaban J connectivity index is 1.80. The van der Waals surface area contributed by atoms with Gasteiger partial charge < -0.3 is 0 Å². The van der Waals surface area contributed by atoms with Gasteiger partial charge >= 0.3 is 0 Å². The molecule has 1 aliphatic rings. The third kappa shape index (κ3) is 3.52. The Hall–Kier alpha value is -2.75. The quantitative estimate of drug-likeness (QED) is 0.685. The molecular formula is C20H17FN2O4S2. The highest BCUT2D eigenvalue weighted by Crippen LogP contribution is 2.41. The van der Waals surface area contributed by atoms with Crippen molar-refractivity contribution < 1.29 is 21.2 Å². The molecule has 0 saturated carbocycles. The molecule has 150 valence electrons. The Labute approximate surface area is 168 Å². The van der Waals surface area contributed by atoms with Crippen molar-refractivity contribution in [2.75, 3.05) is 10.8 Å². The fourth-order valence-corrected chi connectivity index (χ4v) is 5.49. The lowest BCUT2D eigenvalue weighted by molar-refractivity contribution is 0.590. The van der Waals surface area contributed by atoms with Crippen LogP contribution in [0.25, 0.3) is 11.1 Å². The van der Waals surface area contributed by atoms with E-state index in [2.05, 4.69) is 0 Å². The van der Waals surface area contributed by atoms with Crippen molar-refractivity contribution in [1.82, 2.24) is 0 Å². The lowest BCUT2D eigenvalue weighted by atomic mass is 10.0. The van der Waals surface area contributed by atoms with Crippen LogP contribution in [-0.4, -0.2) is 23.4 Å². The smallest absolute Gasteiger partial charge is 0.264 e. The molecule has 0 unspecified atom stereocenters. The van der Waals surface area contributed by atoms with E-state index in [1.54, 1.807) is 18.2 Å². The Morgan fingerprint density at radius 3 is 2.07 bits per heavy atom. The summed E-state index contributed by atoms with van der Waals surface area (Å²) in [7, 11) is -7.85. The first kappa shape index (κ1) is 19.6. The molecule has 0 radical (unpaired) electrons. The maximum Gasteiger partial charge on any atom is 0.264 e. The minimum Gasteiger partial charge on any atom is -0.265 e. The van der Waals surface area contributed by atoms with Crippen LogP contribution in [0, 0.1) is 5.82 Å². The summed E-state index contributed by atoms with van der Waals surface area (Å²) in [6, 6.07) is 16.2. The van der Waals surface area contributed by atoms with Gasteiger partial charge in [0.15, 0.2) is 0 Å². The number of primary sulfonamides is 1. The number of sulfonamides is 2. The van der Waals surface area contributed by atoms with Crippen LogP contribution in [-0.2, 0) is 26.5 Å². The summed E-state index contributed by atoms with van der Waals surface area (Å²) >= 11 is 0. The molecule has 3 aromatic rings. The number of halogens is 1. The highest BCUT2D eigenvalue weighted by atomic mass is 32.2. The SMILES string of the molecule is NS(=O)(=O)c1ccc(S(=O)(=O)N2CCc3cccc(-c4ccc(F)cc4)c32)cc1. The first-order valence-corrected chi connectivity index (χ1v) is 11.7. The van der Waals surface area contributed by atoms with Gasteiger partial charge in [0.1, 0.15) is 5.82 Å². The van der Waals surface area contributed by atoms with Crippen molar-refractivity contribution in [2.24, 2.45) is 5.14 Å². The van der Waals surface area contributed by atoms with Gasteiger partial charge in [-0.2, -0.15) is 0 Å². The number of hydrogen-bond donors (Lipinski definition) is 1. The first-order chi connectivity index (χ1) is 13.7. The first-order valence-electron chi connectivity index (χ1n) is 8.71. The largest absolute Gasteiger partial charge is 0.265 e. The molecule has 0 atom stereocenters. The van der Waals surface area contributed by atoms with E-state index in [0.29, 0.717) is 23.2 Å². The van der Waals surface area contributed by atoms with Crippen LogP contribution < -0.4 is 9.44 Å². The van der Waals surface area contributed by atoms with E-state index in [0.717, 1.165) is 5.56 Å². The number of benzene rings is 3. The summed E-state index contributed by atoms with van der Waals surface area (Å²) in [4.78, 5) is -0.197. The molecule has 0 fully saturated rings. The van der Waals surface area contributed by atoms with Crippen LogP contribution >= 0.6 is 0 Å². The second-order valence-electron chi connectivity index (χ2n) is 6.66. The van der Waals surface area contributed by atoms with E-state index in [1.165, 1.54) is 40.7 Å². The average molecular weight is 432 g/mol. The average Bonchev–Trinajstić information content (AvgIpc) is 3.13. The Morgan fingerprint density at radius 1 is 0.828 bits per heavy atom. The van der Waals surface area contributed by atoms with Gasteiger partial charge in [-0.15, -0.1) is 0 Å². The van der Waals surface area contributed by atoms with Crippen LogP contribution in [0.2, 0.25) is 0 Å². The maximum absolute atomic E-state index is 13.3. The second-order valence-corrected chi connectivity index (χ2v) is 10.1. The van der Waals surface area contributed by atoms with Gasteiger partial charge in [0, 0.05) is 12.1 Å². The van der Waals surface area contributed by atoms with E-state index in [1.807, 2.05) is 12.1 Å².